The molecular weight excluding hydrogens is 540 g/mol. The molecule has 3 aromatic carbocycles. The minimum Gasteiger partial charge on any atom is -0.456 e. The molecule has 0 saturated carbocycles. The number of nitrogens with one attached hydrogen (secondary N) is 1. The summed E-state index contributed by atoms with van der Waals surface area (Å²) < 4.78 is 5.10. The molecule has 2 atom stereocenters. The van der Waals surface area contributed by atoms with Crippen molar-refractivity contribution in [2.75, 3.05) is 18.5 Å². The number of hydrogen-bond acceptors (Lipinski definition) is 5. The van der Waals surface area contributed by atoms with E-state index in [9.17, 15) is 19.2 Å². The van der Waals surface area contributed by atoms with Gasteiger partial charge in [-0.15, -0.1) is 0 Å². The Bertz CT molecular complexity index is 1440. The number of aryl methyl sites for hydroxylation is 1. The number of esters is 1. The fraction of sp³-hybridized carbons (Fsp3) is 0.333. The van der Waals surface area contributed by atoms with Gasteiger partial charge in [0.15, 0.2) is 6.61 Å². The molecule has 0 unspecified atom stereocenters. The first kappa shape index (κ1) is 27.2. The van der Waals surface area contributed by atoms with Gasteiger partial charge in [-0.3, -0.25) is 24.1 Å². The van der Waals surface area contributed by atoms with Gasteiger partial charge in [0.1, 0.15) is 0 Å². The van der Waals surface area contributed by atoms with Gasteiger partial charge in [0, 0.05) is 35.5 Å². The van der Waals surface area contributed by atoms with E-state index in [4.69, 9.17) is 16.3 Å². The number of rotatable bonds is 9. The predicted octanol–water partition coefficient (Wildman–Crippen LogP) is 5.58. The zero-order valence-electron chi connectivity index (χ0n) is 22.8. The third-order valence-corrected chi connectivity index (χ3v) is 9.03. The number of unbranched alkanes of at least 4 members (excludes halogenated alkanes) is 2. The summed E-state index contributed by atoms with van der Waals surface area (Å²) in [5.41, 5.74) is 6.08. The van der Waals surface area contributed by atoms with Gasteiger partial charge in [-0.1, -0.05) is 72.6 Å². The predicted molar refractivity (Wildman–Crippen MR) is 155 cm³/mol. The van der Waals surface area contributed by atoms with Crippen molar-refractivity contribution in [2.24, 2.45) is 11.8 Å². The van der Waals surface area contributed by atoms with Crippen LogP contribution in [0.4, 0.5) is 5.69 Å². The van der Waals surface area contributed by atoms with Gasteiger partial charge in [0.2, 0.25) is 11.8 Å². The fourth-order valence-electron chi connectivity index (χ4n) is 6.76. The molecule has 7 nitrogen and oxygen atoms in total. The molecule has 3 aliphatic carbocycles. The molecule has 1 saturated heterocycles. The van der Waals surface area contributed by atoms with Gasteiger partial charge < -0.3 is 10.1 Å². The molecule has 0 aromatic heterocycles. The Labute approximate surface area is 243 Å². The van der Waals surface area contributed by atoms with Crippen molar-refractivity contribution in [3.63, 3.8) is 0 Å². The normalized spacial score (nSPS) is 21.8. The van der Waals surface area contributed by atoms with Crippen LogP contribution in [0.3, 0.4) is 0 Å². The Kier molecular flexibility index (Phi) is 7.39. The second-order valence-corrected chi connectivity index (χ2v) is 11.5. The number of nitrogens with zero attached hydrogens (tertiary/aromatic N) is 1. The number of likely N-dealkylation sites (tertiary alicyclic amines) is 1. The summed E-state index contributed by atoms with van der Waals surface area (Å²) in [6, 6.07) is 21.6. The largest absolute Gasteiger partial charge is 0.456 e. The number of carbonyl (C=O) groups excluding carboxylic acids is 4. The van der Waals surface area contributed by atoms with Gasteiger partial charge in [-0.2, -0.15) is 0 Å². The SMILES string of the molecule is Cc1ccc(NC(=O)COC(=O)CCCCCN2C(=O)[C@@H]3C4c5ccccc5C(c5ccccc54)[C@H]3C2=O)cc1Cl. The Morgan fingerprint density at radius 1 is 0.829 bits per heavy atom. The molecule has 1 N–H and O–H groups in total. The summed E-state index contributed by atoms with van der Waals surface area (Å²) in [4.78, 5) is 53.0. The zero-order valence-corrected chi connectivity index (χ0v) is 23.5. The van der Waals surface area contributed by atoms with E-state index in [0.29, 0.717) is 36.5 Å². The second-order valence-electron chi connectivity index (χ2n) is 11.1. The first-order valence-corrected chi connectivity index (χ1v) is 14.5. The summed E-state index contributed by atoms with van der Waals surface area (Å²) >= 11 is 6.07. The monoisotopic (exact) mass is 570 g/mol. The third-order valence-electron chi connectivity index (χ3n) is 8.62. The zero-order chi connectivity index (χ0) is 28.7. The van der Waals surface area contributed by atoms with Crippen molar-refractivity contribution in [1.82, 2.24) is 4.90 Å². The number of halogens is 1. The highest BCUT2D eigenvalue weighted by Gasteiger charge is 2.61. The maximum atomic E-state index is 13.6. The molecule has 0 spiro atoms. The summed E-state index contributed by atoms with van der Waals surface area (Å²) in [5, 5.41) is 3.19. The minimum absolute atomic E-state index is 0.0840. The Morgan fingerprint density at radius 2 is 1.39 bits per heavy atom. The van der Waals surface area contributed by atoms with Crippen LogP contribution in [-0.4, -0.2) is 41.7 Å². The van der Waals surface area contributed by atoms with Crippen LogP contribution in [0.2, 0.25) is 5.02 Å². The van der Waals surface area contributed by atoms with E-state index < -0.39 is 11.9 Å². The van der Waals surface area contributed by atoms with E-state index in [-0.39, 0.29) is 48.5 Å². The van der Waals surface area contributed by atoms with E-state index in [2.05, 4.69) is 29.6 Å². The number of ether oxygens (including phenoxy) is 1. The maximum Gasteiger partial charge on any atom is 0.306 e. The molecule has 0 radical (unpaired) electrons. The highest BCUT2D eigenvalue weighted by molar-refractivity contribution is 6.31. The standard InChI is InChI=1S/C33H31ClN2O5/c1-19-14-15-20(17-25(19)34)35-26(37)18-41-27(38)13-3-2-8-16-36-32(39)30-28-21-9-4-5-10-22(21)29(31(30)33(36)40)24-12-7-6-11-23(24)28/h4-7,9-12,14-15,17,28-31H,2-3,8,13,16,18H2,1H3,(H,35,37)/t28?,29?,30-,31-/m1/s1. The molecule has 2 bridgehead atoms. The number of amides is 3. The van der Waals surface area contributed by atoms with Crippen LogP contribution < -0.4 is 5.32 Å². The van der Waals surface area contributed by atoms with Crippen LogP contribution in [-0.2, 0) is 23.9 Å². The summed E-state index contributed by atoms with van der Waals surface area (Å²) in [6.07, 6.45) is 1.96. The first-order valence-electron chi connectivity index (χ1n) is 14.1. The lowest BCUT2D eigenvalue weighted by Gasteiger charge is -2.45. The molecule has 3 amide bonds. The molecule has 4 aliphatic rings. The fourth-order valence-corrected chi connectivity index (χ4v) is 6.94. The number of anilines is 1. The average Bonchev–Trinajstić information content (AvgIpc) is 3.23. The Morgan fingerprint density at radius 3 is 1.93 bits per heavy atom. The number of hydrogen-bond donors (Lipinski definition) is 1. The van der Waals surface area contributed by atoms with Gasteiger partial charge >= 0.3 is 5.97 Å². The van der Waals surface area contributed by atoms with E-state index in [1.807, 2.05) is 31.2 Å². The molecule has 210 valence electrons. The molecule has 3 aromatic rings. The van der Waals surface area contributed by atoms with Crippen LogP contribution >= 0.6 is 11.6 Å². The van der Waals surface area contributed by atoms with Crippen LogP contribution in [0.15, 0.2) is 66.7 Å². The minimum atomic E-state index is -0.464. The second kappa shape index (κ2) is 11.1. The Balaban J connectivity index is 0.993. The molecule has 41 heavy (non-hydrogen) atoms. The van der Waals surface area contributed by atoms with Crippen molar-refractivity contribution in [1.29, 1.82) is 0 Å². The quantitative estimate of drug-likeness (QED) is 0.206. The van der Waals surface area contributed by atoms with Gasteiger partial charge in [-0.25, -0.2) is 0 Å². The average molecular weight is 571 g/mol. The molecular formula is C33H31ClN2O5. The molecule has 1 heterocycles. The Hall–Kier alpha value is -3.97. The third kappa shape index (κ3) is 4.93. The highest BCUT2D eigenvalue weighted by atomic mass is 35.5. The van der Waals surface area contributed by atoms with Crippen LogP contribution in [0, 0.1) is 18.8 Å². The van der Waals surface area contributed by atoms with E-state index in [1.165, 1.54) is 4.90 Å². The van der Waals surface area contributed by atoms with Crippen LogP contribution in [0.25, 0.3) is 0 Å². The first-order chi connectivity index (χ1) is 19.8. The summed E-state index contributed by atoms with van der Waals surface area (Å²) in [5.74, 6) is -2.01. The van der Waals surface area contributed by atoms with Crippen molar-refractivity contribution >= 4 is 41.0 Å². The topological polar surface area (TPSA) is 92.8 Å². The number of carbonyl (C=O) groups is 4. The van der Waals surface area contributed by atoms with Crippen molar-refractivity contribution in [3.8, 4) is 0 Å². The molecule has 7 rings (SSSR count). The highest BCUT2D eigenvalue weighted by Crippen LogP contribution is 2.60. The lowest BCUT2D eigenvalue weighted by Crippen LogP contribution is -2.41. The van der Waals surface area contributed by atoms with Gasteiger partial charge in [0.05, 0.1) is 11.8 Å². The van der Waals surface area contributed by atoms with Gasteiger partial charge in [0.25, 0.3) is 5.91 Å². The van der Waals surface area contributed by atoms with Gasteiger partial charge in [-0.05, 0) is 59.7 Å². The lowest BCUT2D eigenvalue weighted by atomic mass is 9.55. The maximum absolute atomic E-state index is 13.6. The van der Waals surface area contributed by atoms with Crippen LogP contribution in [0.5, 0.6) is 0 Å². The van der Waals surface area contributed by atoms with Crippen molar-refractivity contribution in [3.05, 3.63) is 99.6 Å². The van der Waals surface area contributed by atoms with Crippen LogP contribution in [0.1, 0.15) is 65.3 Å². The molecule has 8 heteroatoms. The van der Waals surface area contributed by atoms with Crippen molar-refractivity contribution in [2.45, 2.75) is 44.4 Å². The summed E-state index contributed by atoms with van der Waals surface area (Å²) in [7, 11) is 0. The summed E-state index contributed by atoms with van der Waals surface area (Å²) in [6.45, 7) is 1.83. The van der Waals surface area contributed by atoms with E-state index in [1.54, 1.807) is 18.2 Å². The molecule has 1 aliphatic heterocycles. The van der Waals surface area contributed by atoms with Crippen molar-refractivity contribution < 1.29 is 23.9 Å². The van der Waals surface area contributed by atoms with E-state index in [0.717, 1.165) is 27.8 Å². The smallest absolute Gasteiger partial charge is 0.306 e. The number of imide groups is 1. The lowest BCUT2D eigenvalue weighted by molar-refractivity contribution is -0.147. The van der Waals surface area contributed by atoms with E-state index >= 15 is 0 Å². The number of benzene rings is 3. The molecule has 1 fully saturated rings.